The van der Waals surface area contributed by atoms with E-state index in [1.54, 1.807) is 17.8 Å². The van der Waals surface area contributed by atoms with Crippen molar-refractivity contribution in [1.29, 1.82) is 0 Å². The summed E-state index contributed by atoms with van der Waals surface area (Å²) < 4.78 is 25.1. The predicted molar refractivity (Wildman–Crippen MR) is 98.9 cm³/mol. The van der Waals surface area contributed by atoms with Gasteiger partial charge in [0, 0.05) is 24.6 Å². The van der Waals surface area contributed by atoms with Crippen molar-refractivity contribution >= 4 is 33.6 Å². The minimum atomic E-state index is -3.48. The van der Waals surface area contributed by atoms with Gasteiger partial charge in [0.25, 0.3) is 0 Å². The molecule has 0 N–H and O–H groups in total. The molecule has 0 unspecified atom stereocenters. The first-order valence-electron chi connectivity index (χ1n) is 7.23. The van der Waals surface area contributed by atoms with E-state index >= 15 is 0 Å². The zero-order valence-corrected chi connectivity index (χ0v) is 15.4. The van der Waals surface area contributed by atoms with Crippen LogP contribution in [0.25, 0.3) is 6.08 Å². The molecule has 2 rings (SSSR count). The van der Waals surface area contributed by atoms with E-state index in [4.69, 9.17) is 0 Å². The minimum Gasteiger partial charge on any atom is -0.289 e. The maximum Gasteiger partial charge on any atom is 0.242 e. The zero-order valence-electron chi connectivity index (χ0n) is 13.8. The smallest absolute Gasteiger partial charge is 0.242 e. The van der Waals surface area contributed by atoms with Crippen molar-refractivity contribution in [3.05, 3.63) is 65.7 Å². The second-order valence-corrected chi connectivity index (χ2v) is 8.31. The average molecular weight is 361 g/mol. The second kappa shape index (κ2) is 7.79. The quantitative estimate of drug-likeness (QED) is 0.448. The molecule has 6 heteroatoms. The number of nitrogens with zero attached hydrogens (tertiary/aromatic N) is 1. The van der Waals surface area contributed by atoms with E-state index in [2.05, 4.69) is 0 Å². The number of carbonyl (C=O) groups is 1. The van der Waals surface area contributed by atoms with E-state index in [9.17, 15) is 13.2 Å². The van der Waals surface area contributed by atoms with Crippen LogP contribution < -0.4 is 0 Å². The molecule has 2 aromatic carbocycles. The molecule has 0 aliphatic carbocycles. The van der Waals surface area contributed by atoms with Gasteiger partial charge in [-0.1, -0.05) is 18.2 Å². The highest BCUT2D eigenvalue weighted by Crippen LogP contribution is 2.17. The van der Waals surface area contributed by atoms with E-state index in [-0.39, 0.29) is 10.7 Å². The van der Waals surface area contributed by atoms with Crippen molar-refractivity contribution in [3.8, 4) is 0 Å². The van der Waals surface area contributed by atoms with E-state index < -0.39 is 10.0 Å². The number of rotatable bonds is 6. The molecule has 4 nitrogen and oxygen atoms in total. The third-order valence-electron chi connectivity index (χ3n) is 3.46. The highest BCUT2D eigenvalue weighted by Gasteiger charge is 2.17. The molecule has 0 aliphatic heterocycles. The Morgan fingerprint density at radius 1 is 1.00 bits per heavy atom. The van der Waals surface area contributed by atoms with Gasteiger partial charge in [-0.25, -0.2) is 12.7 Å². The van der Waals surface area contributed by atoms with Crippen LogP contribution in [-0.4, -0.2) is 38.9 Å². The lowest BCUT2D eigenvalue weighted by atomic mass is 10.1. The minimum absolute atomic E-state index is 0.167. The van der Waals surface area contributed by atoms with Crippen LogP contribution in [0, 0.1) is 0 Å². The molecule has 0 bridgehead atoms. The third kappa shape index (κ3) is 4.35. The SMILES string of the molecule is CSc1ccc(C=CC(=O)c2ccc(S(=O)(=O)N(C)C)cc2)cc1. The van der Waals surface area contributed by atoms with E-state index in [1.165, 1.54) is 44.4 Å². The van der Waals surface area contributed by atoms with Crippen LogP contribution in [0.1, 0.15) is 15.9 Å². The number of ketones is 1. The van der Waals surface area contributed by atoms with Gasteiger partial charge in [-0.15, -0.1) is 11.8 Å². The molecule has 126 valence electrons. The number of thioether (sulfide) groups is 1. The van der Waals surface area contributed by atoms with Crippen molar-refractivity contribution in [1.82, 2.24) is 4.31 Å². The van der Waals surface area contributed by atoms with Crippen molar-refractivity contribution in [2.75, 3.05) is 20.4 Å². The highest BCUT2D eigenvalue weighted by molar-refractivity contribution is 7.98. The van der Waals surface area contributed by atoms with Crippen molar-refractivity contribution in [2.24, 2.45) is 0 Å². The van der Waals surface area contributed by atoms with Crippen molar-refractivity contribution in [3.63, 3.8) is 0 Å². The molecule has 0 radical (unpaired) electrons. The molecule has 0 heterocycles. The number of hydrogen-bond acceptors (Lipinski definition) is 4. The molecule has 0 aliphatic rings. The van der Waals surface area contributed by atoms with Gasteiger partial charge < -0.3 is 0 Å². The second-order valence-electron chi connectivity index (χ2n) is 5.28. The predicted octanol–water partition coefficient (Wildman–Crippen LogP) is 3.55. The number of carbonyl (C=O) groups excluding carboxylic acids is 1. The molecule has 0 saturated carbocycles. The van der Waals surface area contributed by atoms with Crippen molar-refractivity contribution < 1.29 is 13.2 Å². The van der Waals surface area contributed by atoms with Gasteiger partial charge in [0.2, 0.25) is 10.0 Å². The van der Waals surface area contributed by atoms with Crippen LogP contribution in [0.5, 0.6) is 0 Å². The number of sulfonamides is 1. The number of allylic oxidation sites excluding steroid dienone is 1. The van der Waals surface area contributed by atoms with Gasteiger partial charge >= 0.3 is 0 Å². The molecule has 0 spiro atoms. The summed E-state index contributed by atoms with van der Waals surface area (Å²) in [7, 11) is -0.536. The highest BCUT2D eigenvalue weighted by atomic mass is 32.2. The first kappa shape index (κ1) is 18.4. The fourth-order valence-corrected chi connectivity index (χ4v) is 3.30. The Morgan fingerprint density at radius 2 is 1.58 bits per heavy atom. The average Bonchev–Trinajstić information content (AvgIpc) is 2.60. The molecule has 0 saturated heterocycles. The summed E-state index contributed by atoms with van der Waals surface area (Å²) in [4.78, 5) is 13.5. The van der Waals surface area contributed by atoms with E-state index in [0.29, 0.717) is 5.56 Å². The molecule has 0 amide bonds. The summed E-state index contributed by atoms with van der Waals surface area (Å²) in [6.45, 7) is 0. The topological polar surface area (TPSA) is 54.5 Å². The monoisotopic (exact) mass is 361 g/mol. The van der Waals surface area contributed by atoms with Crippen LogP contribution in [0.3, 0.4) is 0 Å². The van der Waals surface area contributed by atoms with Gasteiger partial charge in [-0.2, -0.15) is 0 Å². The van der Waals surface area contributed by atoms with E-state index in [0.717, 1.165) is 14.8 Å². The van der Waals surface area contributed by atoms with Gasteiger partial charge in [-0.05, 0) is 54.3 Å². The van der Waals surface area contributed by atoms with Gasteiger partial charge in [0.1, 0.15) is 0 Å². The standard InChI is InChI=1S/C18H19NO3S2/c1-19(2)24(21,22)17-11-7-15(8-12-17)18(20)13-6-14-4-9-16(23-3)10-5-14/h4-13H,1-3H3. The first-order chi connectivity index (χ1) is 11.3. The normalized spacial score (nSPS) is 12.0. The summed E-state index contributed by atoms with van der Waals surface area (Å²) in [5.41, 5.74) is 1.39. The summed E-state index contributed by atoms with van der Waals surface area (Å²) >= 11 is 1.66. The fraction of sp³-hybridized carbons (Fsp3) is 0.167. The number of benzene rings is 2. The molecule has 0 aromatic heterocycles. The van der Waals surface area contributed by atoms with Crippen LogP contribution in [0.4, 0.5) is 0 Å². The van der Waals surface area contributed by atoms with Gasteiger partial charge in [-0.3, -0.25) is 4.79 Å². The lowest BCUT2D eigenvalue weighted by molar-refractivity contribution is 0.104. The number of hydrogen-bond donors (Lipinski definition) is 0. The maximum absolute atomic E-state index is 12.2. The van der Waals surface area contributed by atoms with Crippen molar-refractivity contribution in [2.45, 2.75) is 9.79 Å². The summed E-state index contributed by atoms with van der Waals surface area (Å²) in [6.07, 6.45) is 5.25. The lowest BCUT2D eigenvalue weighted by Gasteiger charge is -2.11. The molecule has 0 atom stereocenters. The molecule has 2 aromatic rings. The van der Waals surface area contributed by atoms with Crippen LogP contribution in [0.15, 0.2) is 64.4 Å². The molecule has 0 fully saturated rings. The Labute approximate surface area is 147 Å². The van der Waals surface area contributed by atoms with E-state index in [1.807, 2.05) is 30.5 Å². The van der Waals surface area contributed by atoms with Crippen LogP contribution in [-0.2, 0) is 10.0 Å². The summed E-state index contributed by atoms with van der Waals surface area (Å²) in [5.74, 6) is -0.169. The fourth-order valence-electron chi connectivity index (χ4n) is 1.99. The summed E-state index contributed by atoms with van der Waals surface area (Å²) in [6, 6.07) is 13.8. The molecular formula is C18H19NO3S2. The lowest BCUT2D eigenvalue weighted by Crippen LogP contribution is -2.22. The third-order valence-corrected chi connectivity index (χ3v) is 6.03. The first-order valence-corrected chi connectivity index (χ1v) is 9.90. The summed E-state index contributed by atoms with van der Waals surface area (Å²) in [5, 5.41) is 0. The Bertz CT molecular complexity index is 837. The van der Waals surface area contributed by atoms with Crippen LogP contribution in [0.2, 0.25) is 0 Å². The zero-order chi connectivity index (χ0) is 17.7. The Hall–Kier alpha value is -1.89. The molecule has 24 heavy (non-hydrogen) atoms. The molecular weight excluding hydrogens is 342 g/mol. The van der Waals surface area contributed by atoms with Gasteiger partial charge in [0.15, 0.2) is 5.78 Å². The van der Waals surface area contributed by atoms with Crippen LogP contribution >= 0.6 is 11.8 Å². The Morgan fingerprint density at radius 3 is 2.08 bits per heavy atom. The Balaban J connectivity index is 2.14. The Kier molecular flexibility index (Phi) is 5.99. The van der Waals surface area contributed by atoms with Gasteiger partial charge in [0.05, 0.1) is 4.90 Å². The largest absolute Gasteiger partial charge is 0.289 e. The maximum atomic E-state index is 12.2.